The van der Waals surface area contributed by atoms with Gasteiger partial charge in [0.25, 0.3) is 0 Å². The minimum atomic E-state index is 0.311. The Hall–Kier alpha value is -1.13. The molecule has 0 amide bonds. The topological polar surface area (TPSA) is 29.9 Å². The molecule has 4 heteroatoms. The van der Waals surface area contributed by atoms with Gasteiger partial charge in [0, 0.05) is 22.9 Å². The molecule has 0 aliphatic heterocycles. The van der Waals surface area contributed by atoms with E-state index in [2.05, 4.69) is 51.4 Å². The van der Waals surface area contributed by atoms with E-state index in [1.54, 1.807) is 6.20 Å². The molecular weight excluding hydrogens is 266 g/mol. The highest BCUT2D eigenvalue weighted by atomic mass is 79.9. The Morgan fingerprint density at radius 3 is 2.88 bits per heavy atom. The number of imidazole rings is 1. The van der Waals surface area contributed by atoms with Gasteiger partial charge in [-0.15, -0.1) is 0 Å². The zero-order chi connectivity index (χ0) is 11.5. The number of halogens is 1. The molecule has 0 saturated carbocycles. The van der Waals surface area contributed by atoms with Crippen molar-refractivity contribution in [2.75, 3.05) is 7.05 Å². The predicted octanol–water partition coefficient (Wildman–Crippen LogP) is 2.92. The lowest BCUT2D eigenvalue weighted by Crippen LogP contribution is -2.14. The summed E-state index contributed by atoms with van der Waals surface area (Å²) < 4.78 is 3.09. The fourth-order valence-corrected chi connectivity index (χ4v) is 2.01. The van der Waals surface area contributed by atoms with Gasteiger partial charge in [-0.05, 0) is 31.7 Å². The maximum absolute atomic E-state index is 4.08. The van der Waals surface area contributed by atoms with Crippen LogP contribution in [0.25, 0.3) is 5.69 Å². The van der Waals surface area contributed by atoms with Crippen molar-refractivity contribution in [3.8, 4) is 5.69 Å². The van der Waals surface area contributed by atoms with Crippen LogP contribution in [0.4, 0.5) is 0 Å². The summed E-state index contributed by atoms with van der Waals surface area (Å²) in [5.74, 6) is 0. The Kier molecular flexibility index (Phi) is 3.41. The molecule has 1 atom stereocenters. The Morgan fingerprint density at radius 2 is 2.25 bits per heavy atom. The minimum Gasteiger partial charge on any atom is -0.313 e. The van der Waals surface area contributed by atoms with Gasteiger partial charge in [0.2, 0.25) is 0 Å². The maximum Gasteiger partial charge on any atom is 0.0991 e. The average molecular weight is 280 g/mol. The van der Waals surface area contributed by atoms with Gasteiger partial charge in [0.05, 0.1) is 12.0 Å². The molecule has 1 N–H and O–H groups in total. The molecule has 84 valence electrons. The van der Waals surface area contributed by atoms with Crippen LogP contribution in [-0.2, 0) is 0 Å². The van der Waals surface area contributed by atoms with E-state index in [0.29, 0.717) is 6.04 Å². The van der Waals surface area contributed by atoms with Crippen LogP contribution in [0.2, 0.25) is 0 Å². The molecule has 3 nitrogen and oxygen atoms in total. The van der Waals surface area contributed by atoms with Crippen LogP contribution in [-0.4, -0.2) is 16.6 Å². The molecule has 0 radical (unpaired) electrons. The largest absolute Gasteiger partial charge is 0.313 e. The zero-order valence-electron chi connectivity index (χ0n) is 9.31. The van der Waals surface area contributed by atoms with Crippen LogP contribution in [0.5, 0.6) is 0 Å². The van der Waals surface area contributed by atoms with Gasteiger partial charge in [-0.3, -0.25) is 0 Å². The standard InChI is InChI=1S/C12H14BrN3/c1-9(14-2)11-4-3-10(13)7-12(11)16-6-5-15-8-16/h3-9,14H,1-2H3. The Morgan fingerprint density at radius 1 is 1.44 bits per heavy atom. The normalized spacial score (nSPS) is 12.7. The van der Waals surface area contributed by atoms with Gasteiger partial charge in [0.1, 0.15) is 0 Å². The van der Waals surface area contributed by atoms with E-state index < -0.39 is 0 Å². The van der Waals surface area contributed by atoms with E-state index in [4.69, 9.17) is 0 Å². The first-order chi connectivity index (χ1) is 7.72. The lowest BCUT2D eigenvalue weighted by molar-refractivity contribution is 0.648. The van der Waals surface area contributed by atoms with Crippen LogP contribution in [0, 0.1) is 0 Å². The van der Waals surface area contributed by atoms with Crippen molar-refractivity contribution in [3.63, 3.8) is 0 Å². The fourth-order valence-electron chi connectivity index (χ4n) is 1.66. The third kappa shape index (κ3) is 2.18. The Labute approximate surface area is 104 Å². The molecule has 0 fully saturated rings. The van der Waals surface area contributed by atoms with Gasteiger partial charge in [-0.1, -0.05) is 22.0 Å². The summed E-state index contributed by atoms with van der Waals surface area (Å²) in [5, 5.41) is 3.25. The highest BCUT2D eigenvalue weighted by Gasteiger charge is 2.10. The summed E-state index contributed by atoms with van der Waals surface area (Å²) in [6.45, 7) is 2.14. The first kappa shape index (κ1) is 11.4. The van der Waals surface area contributed by atoms with Crippen molar-refractivity contribution in [1.82, 2.24) is 14.9 Å². The van der Waals surface area contributed by atoms with Gasteiger partial charge in [0.15, 0.2) is 0 Å². The number of hydrogen-bond acceptors (Lipinski definition) is 2. The maximum atomic E-state index is 4.08. The average Bonchev–Trinajstić information content (AvgIpc) is 2.81. The van der Waals surface area contributed by atoms with Gasteiger partial charge in [-0.25, -0.2) is 4.98 Å². The van der Waals surface area contributed by atoms with E-state index in [9.17, 15) is 0 Å². The van der Waals surface area contributed by atoms with Crippen molar-refractivity contribution in [2.24, 2.45) is 0 Å². The van der Waals surface area contributed by atoms with Crippen LogP contribution >= 0.6 is 15.9 Å². The molecule has 0 aliphatic rings. The number of hydrogen-bond donors (Lipinski definition) is 1. The number of rotatable bonds is 3. The Bertz CT molecular complexity index is 465. The summed E-state index contributed by atoms with van der Waals surface area (Å²) in [4.78, 5) is 4.08. The first-order valence-electron chi connectivity index (χ1n) is 5.17. The smallest absolute Gasteiger partial charge is 0.0991 e. The van der Waals surface area contributed by atoms with E-state index in [0.717, 1.165) is 10.2 Å². The second kappa shape index (κ2) is 4.80. The highest BCUT2D eigenvalue weighted by molar-refractivity contribution is 9.10. The molecule has 2 rings (SSSR count). The second-order valence-corrected chi connectivity index (χ2v) is 4.60. The van der Waals surface area contributed by atoms with Crippen LogP contribution in [0.15, 0.2) is 41.4 Å². The molecular formula is C12H14BrN3. The van der Waals surface area contributed by atoms with Crippen molar-refractivity contribution >= 4 is 15.9 Å². The SMILES string of the molecule is CNC(C)c1ccc(Br)cc1-n1ccnc1. The molecule has 1 aromatic heterocycles. The molecule has 2 aromatic rings. The van der Waals surface area contributed by atoms with E-state index in [1.807, 2.05) is 24.1 Å². The zero-order valence-corrected chi connectivity index (χ0v) is 10.9. The number of nitrogens with zero attached hydrogens (tertiary/aromatic N) is 2. The first-order valence-corrected chi connectivity index (χ1v) is 5.96. The predicted molar refractivity (Wildman–Crippen MR) is 68.7 cm³/mol. The lowest BCUT2D eigenvalue weighted by Gasteiger charge is -2.16. The minimum absolute atomic E-state index is 0.311. The highest BCUT2D eigenvalue weighted by Crippen LogP contribution is 2.25. The number of benzene rings is 1. The van der Waals surface area contributed by atoms with Crippen LogP contribution in [0.3, 0.4) is 0 Å². The fraction of sp³-hybridized carbons (Fsp3) is 0.250. The molecule has 1 aromatic carbocycles. The van der Waals surface area contributed by atoms with Gasteiger partial charge >= 0.3 is 0 Å². The molecule has 0 saturated heterocycles. The lowest BCUT2D eigenvalue weighted by atomic mass is 10.1. The van der Waals surface area contributed by atoms with Crippen molar-refractivity contribution < 1.29 is 0 Å². The summed E-state index contributed by atoms with van der Waals surface area (Å²) >= 11 is 3.50. The van der Waals surface area contributed by atoms with Crippen molar-refractivity contribution in [1.29, 1.82) is 0 Å². The summed E-state index contributed by atoms with van der Waals surface area (Å²) in [7, 11) is 1.96. The second-order valence-electron chi connectivity index (χ2n) is 3.68. The number of nitrogens with one attached hydrogen (secondary N) is 1. The molecule has 0 bridgehead atoms. The summed E-state index contributed by atoms with van der Waals surface area (Å²) in [5.41, 5.74) is 2.40. The monoisotopic (exact) mass is 279 g/mol. The number of aromatic nitrogens is 2. The molecule has 1 unspecified atom stereocenters. The van der Waals surface area contributed by atoms with Crippen LogP contribution < -0.4 is 5.32 Å². The summed E-state index contributed by atoms with van der Waals surface area (Å²) in [6, 6.07) is 6.60. The van der Waals surface area contributed by atoms with E-state index >= 15 is 0 Å². The third-order valence-electron chi connectivity index (χ3n) is 2.67. The van der Waals surface area contributed by atoms with Crippen LogP contribution in [0.1, 0.15) is 18.5 Å². The molecule has 0 spiro atoms. The summed E-state index contributed by atoms with van der Waals surface area (Å²) in [6.07, 6.45) is 5.55. The third-order valence-corrected chi connectivity index (χ3v) is 3.17. The van der Waals surface area contributed by atoms with Gasteiger partial charge < -0.3 is 9.88 Å². The molecule has 16 heavy (non-hydrogen) atoms. The molecule has 0 aliphatic carbocycles. The Balaban J connectivity index is 2.53. The van der Waals surface area contributed by atoms with Crippen molar-refractivity contribution in [2.45, 2.75) is 13.0 Å². The van der Waals surface area contributed by atoms with E-state index in [-0.39, 0.29) is 0 Å². The quantitative estimate of drug-likeness (QED) is 0.936. The van der Waals surface area contributed by atoms with E-state index in [1.165, 1.54) is 5.56 Å². The van der Waals surface area contributed by atoms with Gasteiger partial charge in [-0.2, -0.15) is 0 Å². The van der Waals surface area contributed by atoms with Crippen molar-refractivity contribution in [3.05, 3.63) is 47.0 Å². The molecule has 1 heterocycles.